The molecule has 0 aromatic heterocycles. The second-order valence-corrected chi connectivity index (χ2v) is 4.03. The molecular formula is C11H15Cl2N. The van der Waals surface area contributed by atoms with Gasteiger partial charge < -0.3 is 4.90 Å². The quantitative estimate of drug-likeness (QED) is 0.711. The van der Waals surface area contributed by atoms with Crippen molar-refractivity contribution in [3.63, 3.8) is 0 Å². The van der Waals surface area contributed by atoms with Gasteiger partial charge in [0.05, 0.1) is 0 Å². The normalized spacial score (nSPS) is 10.3. The van der Waals surface area contributed by atoms with Crippen molar-refractivity contribution in [2.24, 2.45) is 0 Å². The van der Waals surface area contributed by atoms with Gasteiger partial charge in [0.1, 0.15) is 0 Å². The largest absolute Gasteiger partial charge is 0.374 e. The predicted molar refractivity (Wildman–Crippen MR) is 64.6 cm³/mol. The molecule has 1 aromatic rings. The molecule has 1 rings (SSSR count). The van der Waals surface area contributed by atoms with Crippen LogP contribution in [-0.4, -0.2) is 13.6 Å². The van der Waals surface area contributed by atoms with E-state index in [1.807, 2.05) is 18.2 Å². The standard InChI is InChI=1S/C11H15Cl2N/c1-3-6-14(2)11-5-4-10(13)7-9(11)8-12/h4-5,7H,3,6,8H2,1-2H3. The first-order valence-corrected chi connectivity index (χ1v) is 5.65. The van der Waals surface area contributed by atoms with Crippen LogP contribution in [0.2, 0.25) is 5.02 Å². The van der Waals surface area contributed by atoms with Crippen LogP contribution in [0.5, 0.6) is 0 Å². The van der Waals surface area contributed by atoms with Crippen LogP contribution in [-0.2, 0) is 5.88 Å². The summed E-state index contributed by atoms with van der Waals surface area (Å²) in [5.74, 6) is 0.504. The fourth-order valence-electron chi connectivity index (χ4n) is 1.49. The zero-order valence-corrected chi connectivity index (χ0v) is 10.1. The first-order chi connectivity index (χ1) is 6.69. The lowest BCUT2D eigenvalue weighted by Crippen LogP contribution is -2.18. The van der Waals surface area contributed by atoms with Crippen LogP contribution < -0.4 is 4.90 Å². The topological polar surface area (TPSA) is 3.24 Å². The molecule has 0 spiro atoms. The second kappa shape index (κ2) is 5.47. The average Bonchev–Trinajstić information content (AvgIpc) is 2.17. The molecule has 0 aliphatic rings. The average molecular weight is 232 g/mol. The molecule has 0 unspecified atom stereocenters. The van der Waals surface area contributed by atoms with Gasteiger partial charge in [0.2, 0.25) is 0 Å². The Labute approximate surface area is 95.6 Å². The van der Waals surface area contributed by atoms with Crippen LogP contribution in [0.15, 0.2) is 18.2 Å². The molecule has 0 aliphatic heterocycles. The lowest BCUT2D eigenvalue weighted by molar-refractivity contribution is 0.848. The van der Waals surface area contributed by atoms with Crippen molar-refractivity contribution in [2.45, 2.75) is 19.2 Å². The fraction of sp³-hybridized carbons (Fsp3) is 0.455. The number of hydrogen-bond acceptors (Lipinski definition) is 1. The van der Waals surface area contributed by atoms with E-state index in [1.54, 1.807) is 0 Å². The van der Waals surface area contributed by atoms with Gasteiger partial charge in [0, 0.05) is 30.2 Å². The van der Waals surface area contributed by atoms with Gasteiger partial charge >= 0.3 is 0 Å². The van der Waals surface area contributed by atoms with E-state index in [0.717, 1.165) is 23.6 Å². The molecule has 0 bridgehead atoms. The van der Waals surface area contributed by atoms with Crippen LogP contribution >= 0.6 is 23.2 Å². The second-order valence-electron chi connectivity index (χ2n) is 3.33. The smallest absolute Gasteiger partial charge is 0.0495 e. The van der Waals surface area contributed by atoms with Crippen molar-refractivity contribution >= 4 is 28.9 Å². The third-order valence-electron chi connectivity index (χ3n) is 2.16. The molecule has 78 valence electrons. The van der Waals surface area contributed by atoms with Gasteiger partial charge in [-0.05, 0) is 30.2 Å². The highest BCUT2D eigenvalue weighted by molar-refractivity contribution is 6.30. The highest BCUT2D eigenvalue weighted by atomic mass is 35.5. The Hall–Kier alpha value is -0.400. The molecule has 0 fully saturated rings. The monoisotopic (exact) mass is 231 g/mol. The maximum absolute atomic E-state index is 5.90. The molecule has 0 heterocycles. The molecule has 0 aliphatic carbocycles. The fourth-order valence-corrected chi connectivity index (χ4v) is 1.90. The maximum Gasteiger partial charge on any atom is 0.0495 e. The lowest BCUT2D eigenvalue weighted by Gasteiger charge is -2.21. The van der Waals surface area contributed by atoms with E-state index in [-0.39, 0.29) is 0 Å². The van der Waals surface area contributed by atoms with Crippen molar-refractivity contribution in [3.05, 3.63) is 28.8 Å². The zero-order chi connectivity index (χ0) is 10.6. The summed E-state index contributed by atoms with van der Waals surface area (Å²) in [5.41, 5.74) is 2.27. The van der Waals surface area contributed by atoms with Crippen molar-refractivity contribution in [1.29, 1.82) is 0 Å². The lowest BCUT2D eigenvalue weighted by atomic mass is 10.2. The Morgan fingerprint density at radius 2 is 2.07 bits per heavy atom. The number of halogens is 2. The minimum absolute atomic E-state index is 0.504. The number of nitrogens with zero attached hydrogens (tertiary/aromatic N) is 1. The van der Waals surface area contributed by atoms with Crippen LogP contribution in [0.3, 0.4) is 0 Å². The van der Waals surface area contributed by atoms with Crippen LogP contribution in [0, 0.1) is 0 Å². The van der Waals surface area contributed by atoms with E-state index in [4.69, 9.17) is 23.2 Å². The third-order valence-corrected chi connectivity index (χ3v) is 2.68. The Bertz CT molecular complexity index is 299. The predicted octanol–water partition coefficient (Wildman–Crippen LogP) is 3.93. The van der Waals surface area contributed by atoms with Crippen molar-refractivity contribution < 1.29 is 0 Å². The van der Waals surface area contributed by atoms with Gasteiger partial charge in [-0.2, -0.15) is 0 Å². The van der Waals surface area contributed by atoms with Crippen molar-refractivity contribution in [1.82, 2.24) is 0 Å². The summed E-state index contributed by atoms with van der Waals surface area (Å²) < 4.78 is 0. The Balaban J connectivity index is 2.95. The van der Waals surface area contributed by atoms with E-state index in [9.17, 15) is 0 Å². The maximum atomic E-state index is 5.90. The number of anilines is 1. The van der Waals surface area contributed by atoms with Crippen molar-refractivity contribution in [3.8, 4) is 0 Å². The summed E-state index contributed by atoms with van der Waals surface area (Å²) in [4.78, 5) is 2.20. The summed E-state index contributed by atoms with van der Waals surface area (Å²) in [7, 11) is 2.07. The van der Waals surface area contributed by atoms with E-state index >= 15 is 0 Å². The van der Waals surface area contributed by atoms with Crippen LogP contribution in [0.1, 0.15) is 18.9 Å². The van der Waals surface area contributed by atoms with Gasteiger partial charge in [0.25, 0.3) is 0 Å². The number of rotatable bonds is 4. The van der Waals surface area contributed by atoms with Gasteiger partial charge in [-0.3, -0.25) is 0 Å². The summed E-state index contributed by atoms with van der Waals surface area (Å²) in [6.07, 6.45) is 1.13. The van der Waals surface area contributed by atoms with Crippen molar-refractivity contribution in [2.75, 3.05) is 18.5 Å². The molecule has 0 saturated carbocycles. The highest BCUT2D eigenvalue weighted by Crippen LogP contribution is 2.25. The Morgan fingerprint density at radius 3 is 2.64 bits per heavy atom. The van der Waals surface area contributed by atoms with E-state index in [1.165, 1.54) is 5.69 Å². The zero-order valence-electron chi connectivity index (χ0n) is 8.56. The Kier molecular flexibility index (Phi) is 4.56. The molecule has 0 saturated heterocycles. The van der Waals surface area contributed by atoms with Crippen LogP contribution in [0.4, 0.5) is 5.69 Å². The van der Waals surface area contributed by atoms with Gasteiger partial charge in [-0.1, -0.05) is 18.5 Å². The van der Waals surface area contributed by atoms with Crippen LogP contribution in [0.25, 0.3) is 0 Å². The van der Waals surface area contributed by atoms with Gasteiger partial charge in [-0.25, -0.2) is 0 Å². The first kappa shape index (κ1) is 11.7. The summed E-state index contributed by atoms with van der Waals surface area (Å²) in [5, 5.41) is 0.745. The van der Waals surface area contributed by atoms with E-state index in [0.29, 0.717) is 5.88 Å². The third kappa shape index (κ3) is 2.79. The van der Waals surface area contributed by atoms with Gasteiger partial charge in [0.15, 0.2) is 0 Å². The molecule has 0 amide bonds. The number of benzene rings is 1. The molecular weight excluding hydrogens is 217 g/mol. The molecule has 14 heavy (non-hydrogen) atoms. The molecule has 1 nitrogen and oxygen atoms in total. The summed E-state index contributed by atoms with van der Waals surface area (Å²) >= 11 is 11.8. The molecule has 0 radical (unpaired) electrons. The van der Waals surface area contributed by atoms with E-state index in [2.05, 4.69) is 18.9 Å². The molecule has 3 heteroatoms. The van der Waals surface area contributed by atoms with Gasteiger partial charge in [-0.15, -0.1) is 11.6 Å². The Morgan fingerprint density at radius 1 is 1.36 bits per heavy atom. The SMILES string of the molecule is CCCN(C)c1ccc(Cl)cc1CCl. The highest BCUT2D eigenvalue weighted by Gasteiger charge is 2.06. The minimum Gasteiger partial charge on any atom is -0.374 e. The molecule has 0 N–H and O–H groups in total. The first-order valence-electron chi connectivity index (χ1n) is 4.74. The molecule has 1 aromatic carbocycles. The summed E-state index contributed by atoms with van der Waals surface area (Å²) in [6, 6.07) is 5.85. The summed E-state index contributed by atoms with van der Waals surface area (Å²) in [6.45, 7) is 3.19. The van der Waals surface area contributed by atoms with E-state index < -0.39 is 0 Å². The molecule has 0 atom stereocenters. The minimum atomic E-state index is 0.504. The number of alkyl halides is 1. The number of hydrogen-bond donors (Lipinski definition) is 0.